The van der Waals surface area contributed by atoms with Crippen LogP contribution in [0, 0.1) is 6.92 Å². The zero-order chi connectivity index (χ0) is 17.8. The van der Waals surface area contributed by atoms with Crippen molar-refractivity contribution in [3.63, 3.8) is 0 Å². The standard InChI is InChI=1S/C19H18N2O4/c1-12-8-10-14(11-9-12)18-21-20-17(25-18)13(2)24-19(22)15-6-4-5-7-16(15)23-3/h4-11,13H,1-3H3/t13-/m1/s1. The number of aryl methyl sites for hydroxylation is 1. The molecular weight excluding hydrogens is 320 g/mol. The van der Waals surface area contributed by atoms with E-state index < -0.39 is 12.1 Å². The molecule has 0 unspecified atom stereocenters. The lowest BCUT2D eigenvalue weighted by Crippen LogP contribution is -2.10. The molecule has 3 rings (SSSR count). The zero-order valence-corrected chi connectivity index (χ0v) is 14.2. The number of esters is 1. The van der Waals surface area contributed by atoms with E-state index in [2.05, 4.69) is 10.2 Å². The Balaban J connectivity index is 1.74. The topological polar surface area (TPSA) is 74.5 Å². The Morgan fingerprint density at radius 2 is 1.80 bits per heavy atom. The molecular formula is C19H18N2O4. The van der Waals surface area contributed by atoms with Crippen molar-refractivity contribution in [3.8, 4) is 17.2 Å². The largest absolute Gasteiger partial charge is 0.496 e. The normalized spacial score (nSPS) is 11.8. The highest BCUT2D eigenvalue weighted by Crippen LogP contribution is 2.25. The van der Waals surface area contributed by atoms with E-state index in [0.717, 1.165) is 11.1 Å². The van der Waals surface area contributed by atoms with Crippen LogP contribution in [-0.2, 0) is 4.74 Å². The highest BCUT2D eigenvalue weighted by Gasteiger charge is 2.21. The van der Waals surface area contributed by atoms with Crippen LogP contribution in [0.1, 0.15) is 34.8 Å². The van der Waals surface area contributed by atoms with E-state index in [9.17, 15) is 4.79 Å². The molecule has 128 valence electrons. The van der Waals surface area contributed by atoms with E-state index in [-0.39, 0.29) is 5.89 Å². The highest BCUT2D eigenvalue weighted by molar-refractivity contribution is 5.92. The second-order valence-corrected chi connectivity index (χ2v) is 5.56. The Bertz CT molecular complexity index is 871. The quantitative estimate of drug-likeness (QED) is 0.655. The Morgan fingerprint density at radius 3 is 2.52 bits per heavy atom. The van der Waals surface area contributed by atoms with Gasteiger partial charge < -0.3 is 13.9 Å². The summed E-state index contributed by atoms with van der Waals surface area (Å²) < 4.78 is 16.2. The maximum Gasteiger partial charge on any atom is 0.342 e. The second kappa shape index (κ2) is 7.17. The number of nitrogens with zero attached hydrogens (tertiary/aromatic N) is 2. The van der Waals surface area contributed by atoms with Gasteiger partial charge in [0.05, 0.1) is 7.11 Å². The van der Waals surface area contributed by atoms with Crippen LogP contribution < -0.4 is 4.74 Å². The molecule has 0 N–H and O–H groups in total. The molecule has 0 aliphatic heterocycles. The average Bonchev–Trinajstić information content (AvgIpc) is 3.12. The SMILES string of the molecule is COc1ccccc1C(=O)O[C@H](C)c1nnc(-c2ccc(C)cc2)o1. The number of carbonyl (C=O) groups excluding carboxylic acids is 1. The minimum absolute atomic E-state index is 0.235. The fourth-order valence-corrected chi connectivity index (χ4v) is 2.30. The molecule has 1 heterocycles. The summed E-state index contributed by atoms with van der Waals surface area (Å²) in [5.74, 6) is 0.555. The van der Waals surface area contributed by atoms with Gasteiger partial charge in [-0.1, -0.05) is 29.8 Å². The number of rotatable bonds is 5. The molecule has 2 aromatic carbocycles. The number of methoxy groups -OCH3 is 1. The van der Waals surface area contributed by atoms with Crippen LogP contribution in [0.4, 0.5) is 0 Å². The lowest BCUT2D eigenvalue weighted by molar-refractivity contribution is 0.0276. The Kier molecular flexibility index (Phi) is 4.79. The summed E-state index contributed by atoms with van der Waals surface area (Å²) >= 11 is 0. The van der Waals surface area contributed by atoms with Gasteiger partial charge in [0.25, 0.3) is 5.89 Å². The van der Waals surface area contributed by atoms with Crippen molar-refractivity contribution >= 4 is 5.97 Å². The molecule has 3 aromatic rings. The van der Waals surface area contributed by atoms with E-state index in [1.54, 1.807) is 31.2 Å². The van der Waals surface area contributed by atoms with E-state index in [1.165, 1.54) is 7.11 Å². The maximum absolute atomic E-state index is 12.3. The molecule has 1 aromatic heterocycles. The first kappa shape index (κ1) is 16.7. The van der Waals surface area contributed by atoms with Crippen molar-refractivity contribution in [3.05, 3.63) is 65.5 Å². The average molecular weight is 338 g/mol. The second-order valence-electron chi connectivity index (χ2n) is 5.56. The molecule has 6 heteroatoms. The minimum Gasteiger partial charge on any atom is -0.496 e. The van der Waals surface area contributed by atoms with E-state index in [4.69, 9.17) is 13.9 Å². The van der Waals surface area contributed by atoms with Crippen molar-refractivity contribution in [2.45, 2.75) is 20.0 Å². The molecule has 6 nitrogen and oxygen atoms in total. The van der Waals surface area contributed by atoms with Gasteiger partial charge in [-0.3, -0.25) is 0 Å². The first-order valence-electron chi connectivity index (χ1n) is 7.83. The molecule has 0 aliphatic rings. The van der Waals surface area contributed by atoms with Gasteiger partial charge in [-0.15, -0.1) is 10.2 Å². The van der Waals surface area contributed by atoms with Gasteiger partial charge >= 0.3 is 5.97 Å². The Labute approximate surface area is 145 Å². The number of hydrogen-bond donors (Lipinski definition) is 0. The van der Waals surface area contributed by atoms with E-state index >= 15 is 0 Å². The lowest BCUT2D eigenvalue weighted by atomic mass is 10.1. The van der Waals surface area contributed by atoms with Crippen molar-refractivity contribution in [1.29, 1.82) is 0 Å². The molecule has 0 saturated carbocycles. The van der Waals surface area contributed by atoms with Gasteiger partial charge in [0.15, 0.2) is 6.10 Å². The van der Waals surface area contributed by atoms with Crippen molar-refractivity contribution in [2.24, 2.45) is 0 Å². The van der Waals surface area contributed by atoms with Crippen LogP contribution in [0.3, 0.4) is 0 Å². The van der Waals surface area contributed by atoms with Crippen LogP contribution in [0.25, 0.3) is 11.5 Å². The van der Waals surface area contributed by atoms with Crippen molar-refractivity contribution in [2.75, 3.05) is 7.11 Å². The summed E-state index contributed by atoms with van der Waals surface area (Å²) in [7, 11) is 1.50. The Morgan fingerprint density at radius 1 is 1.08 bits per heavy atom. The zero-order valence-electron chi connectivity index (χ0n) is 14.2. The summed E-state index contributed by atoms with van der Waals surface area (Å²) in [6.45, 7) is 3.68. The number of aromatic nitrogens is 2. The number of hydrogen-bond acceptors (Lipinski definition) is 6. The summed E-state index contributed by atoms with van der Waals surface area (Å²) in [6.07, 6.45) is -0.677. The monoisotopic (exact) mass is 338 g/mol. The van der Waals surface area contributed by atoms with Crippen LogP contribution >= 0.6 is 0 Å². The minimum atomic E-state index is -0.677. The van der Waals surface area contributed by atoms with Gasteiger partial charge in [-0.2, -0.15) is 0 Å². The number of para-hydroxylation sites is 1. The summed E-state index contributed by atoms with van der Waals surface area (Å²) in [5.41, 5.74) is 2.30. The lowest BCUT2D eigenvalue weighted by Gasteiger charge is -2.11. The third-order valence-corrected chi connectivity index (χ3v) is 3.70. The highest BCUT2D eigenvalue weighted by atomic mass is 16.6. The Hall–Kier alpha value is -3.15. The third-order valence-electron chi connectivity index (χ3n) is 3.70. The summed E-state index contributed by atoms with van der Waals surface area (Å²) in [5, 5.41) is 8.00. The first-order valence-corrected chi connectivity index (χ1v) is 7.83. The predicted octanol–water partition coefficient (Wildman–Crippen LogP) is 3.97. The van der Waals surface area contributed by atoms with Gasteiger partial charge in [0, 0.05) is 5.56 Å². The van der Waals surface area contributed by atoms with Gasteiger partial charge in [0.2, 0.25) is 5.89 Å². The number of benzene rings is 2. The molecule has 0 bridgehead atoms. The molecule has 1 atom stereocenters. The van der Waals surface area contributed by atoms with Crippen molar-refractivity contribution in [1.82, 2.24) is 10.2 Å². The molecule has 0 spiro atoms. The summed E-state index contributed by atoms with van der Waals surface area (Å²) in [4.78, 5) is 12.3. The van der Waals surface area contributed by atoms with Crippen molar-refractivity contribution < 1.29 is 18.7 Å². The fraction of sp³-hybridized carbons (Fsp3) is 0.211. The third kappa shape index (κ3) is 3.68. The van der Waals surface area contributed by atoms with Gasteiger partial charge in [-0.25, -0.2) is 4.79 Å². The van der Waals surface area contributed by atoms with Gasteiger partial charge in [-0.05, 0) is 38.1 Å². The predicted molar refractivity (Wildman–Crippen MR) is 91.3 cm³/mol. The molecule has 0 aliphatic carbocycles. The van der Waals surface area contributed by atoms with Crippen LogP contribution in [0.15, 0.2) is 52.9 Å². The van der Waals surface area contributed by atoms with Crippen LogP contribution in [-0.4, -0.2) is 23.3 Å². The number of ether oxygens (including phenoxy) is 2. The van der Waals surface area contributed by atoms with E-state index in [0.29, 0.717) is 17.2 Å². The molecule has 0 amide bonds. The fourth-order valence-electron chi connectivity index (χ4n) is 2.30. The van der Waals surface area contributed by atoms with Crippen LogP contribution in [0.2, 0.25) is 0 Å². The van der Waals surface area contributed by atoms with E-state index in [1.807, 2.05) is 31.2 Å². The number of carbonyl (C=O) groups is 1. The molecule has 0 radical (unpaired) electrons. The molecule has 25 heavy (non-hydrogen) atoms. The molecule has 0 saturated heterocycles. The first-order chi connectivity index (χ1) is 12.1. The maximum atomic E-state index is 12.3. The smallest absolute Gasteiger partial charge is 0.342 e. The summed E-state index contributed by atoms with van der Waals surface area (Å²) in [6, 6.07) is 14.6. The molecule has 0 fully saturated rings. The van der Waals surface area contributed by atoms with Gasteiger partial charge in [0.1, 0.15) is 11.3 Å². The van der Waals surface area contributed by atoms with Crippen LogP contribution in [0.5, 0.6) is 5.75 Å².